The van der Waals surface area contributed by atoms with Crippen LogP contribution in [0, 0.1) is 11.3 Å². The molecule has 1 aliphatic rings. The van der Waals surface area contributed by atoms with E-state index in [0.717, 1.165) is 12.0 Å². The smallest absolute Gasteiger partial charge is 0.155 e. The van der Waals surface area contributed by atoms with Crippen LogP contribution < -0.4 is 0 Å². The summed E-state index contributed by atoms with van der Waals surface area (Å²) in [6.07, 6.45) is 4.29. The molecule has 1 aliphatic carbocycles. The van der Waals surface area contributed by atoms with Crippen LogP contribution in [0.1, 0.15) is 40.5 Å². The number of allylic oxidation sites excluding steroid dienone is 2. The molecule has 0 aliphatic heterocycles. The summed E-state index contributed by atoms with van der Waals surface area (Å²) in [5, 5.41) is 0. The van der Waals surface area contributed by atoms with Gasteiger partial charge in [0.05, 0.1) is 0 Å². The van der Waals surface area contributed by atoms with E-state index in [0.29, 0.717) is 11.3 Å². The first kappa shape index (κ1) is 9.50. The van der Waals surface area contributed by atoms with E-state index in [1.165, 1.54) is 6.42 Å². The van der Waals surface area contributed by atoms with Gasteiger partial charge in [0.25, 0.3) is 0 Å². The Morgan fingerprint density at radius 3 is 2.33 bits per heavy atom. The van der Waals surface area contributed by atoms with Gasteiger partial charge in [0.1, 0.15) is 0 Å². The van der Waals surface area contributed by atoms with Crippen LogP contribution in [0.3, 0.4) is 0 Å². The average Bonchev–Trinajstić information content (AvgIpc) is 2.53. The first-order valence-corrected chi connectivity index (χ1v) is 4.69. The Hall–Kier alpha value is -0.590. The van der Waals surface area contributed by atoms with Gasteiger partial charge in [-0.05, 0) is 36.7 Å². The zero-order chi connectivity index (χ0) is 9.35. The van der Waals surface area contributed by atoms with E-state index in [1.54, 1.807) is 6.92 Å². The van der Waals surface area contributed by atoms with Gasteiger partial charge in [0, 0.05) is 0 Å². The van der Waals surface area contributed by atoms with Crippen molar-refractivity contribution in [1.82, 2.24) is 0 Å². The van der Waals surface area contributed by atoms with Gasteiger partial charge in [-0.15, -0.1) is 0 Å². The fraction of sp³-hybridized carbons (Fsp3) is 0.727. The molecule has 1 saturated carbocycles. The Kier molecular flexibility index (Phi) is 2.41. The summed E-state index contributed by atoms with van der Waals surface area (Å²) in [6.45, 7) is 8.20. The molecule has 0 aromatic carbocycles. The van der Waals surface area contributed by atoms with E-state index < -0.39 is 0 Å². The first-order chi connectivity index (χ1) is 5.47. The summed E-state index contributed by atoms with van der Waals surface area (Å²) >= 11 is 0. The molecule has 0 amide bonds. The maximum Gasteiger partial charge on any atom is 0.155 e. The van der Waals surface area contributed by atoms with Crippen molar-refractivity contribution in [3.05, 3.63) is 11.6 Å². The lowest BCUT2D eigenvalue weighted by molar-refractivity contribution is -0.113. The predicted octanol–water partition coefficient (Wildman–Crippen LogP) is 2.96. The second kappa shape index (κ2) is 3.04. The van der Waals surface area contributed by atoms with Crippen molar-refractivity contribution in [3.8, 4) is 0 Å². The standard InChI is InChI=1S/C11H18O/c1-5-9(8(2)12)6-10-7-11(10,3)4/h6,10H,5,7H2,1-4H3. The molecule has 0 aromatic heterocycles. The minimum Gasteiger partial charge on any atom is -0.295 e. The molecule has 68 valence electrons. The topological polar surface area (TPSA) is 17.1 Å². The van der Waals surface area contributed by atoms with Gasteiger partial charge in [-0.1, -0.05) is 26.8 Å². The summed E-state index contributed by atoms with van der Waals surface area (Å²) in [4.78, 5) is 11.1. The largest absolute Gasteiger partial charge is 0.295 e. The quantitative estimate of drug-likeness (QED) is 0.589. The highest BCUT2D eigenvalue weighted by Gasteiger charge is 2.43. The van der Waals surface area contributed by atoms with Gasteiger partial charge in [-0.3, -0.25) is 4.79 Å². The second-order valence-electron chi connectivity index (χ2n) is 4.40. The molecule has 1 fully saturated rings. The van der Waals surface area contributed by atoms with Gasteiger partial charge in [0.2, 0.25) is 0 Å². The van der Waals surface area contributed by atoms with Crippen molar-refractivity contribution < 1.29 is 4.79 Å². The molecule has 0 radical (unpaired) electrons. The lowest BCUT2D eigenvalue weighted by Gasteiger charge is -2.00. The second-order valence-corrected chi connectivity index (χ2v) is 4.40. The van der Waals surface area contributed by atoms with Gasteiger partial charge >= 0.3 is 0 Å². The predicted molar refractivity (Wildman–Crippen MR) is 50.9 cm³/mol. The molecule has 0 saturated heterocycles. The molecule has 12 heavy (non-hydrogen) atoms. The van der Waals surface area contributed by atoms with Gasteiger partial charge in [0.15, 0.2) is 5.78 Å². The molecule has 0 N–H and O–H groups in total. The van der Waals surface area contributed by atoms with E-state index in [9.17, 15) is 4.79 Å². The van der Waals surface area contributed by atoms with E-state index in [-0.39, 0.29) is 5.78 Å². The van der Waals surface area contributed by atoms with Crippen molar-refractivity contribution in [2.24, 2.45) is 11.3 Å². The monoisotopic (exact) mass is 166 g/mol. The SMILES string of the molecule is CCC(=CC1CC1(C)C)C(C)=O. The maximum atomic E-state index is 11.1. The number of Topliss-reactive ketones (excluding diaryl/α,β-unsaturated/α-hetero) is 1. The lowest BCUT2D eigenvalue weighted by Crippen LogP contribution is -1.97. The Morgan fingerprint density at radius 1 is 1.58 bits per heavy atom. The van der Waals surface area contributed by atoms with Crippen LogP contribution in [-0.2, 0) is 4.79 Å². The van der Waals surface area contributed by atoms with Crippen molar-refractivity contribution in [1.29, 1.82) is 0 Å². The molecular formula is C11H18O. The van der Waals surface area contributed by atoms with Gasteiger partial charge < -0.3 is 0 Å². The van der Waals surface area contributed by atoms with E-state index in [1.807, 2.05) is 6.92 Å². The zero-order valence-corrected chi connectivity index (χ0v) is 8.48. The third-order valence-electron chi connectivity index (χ3n) is 2.83. The average molecular weight is 166 g/mol. The molecule has 1 unspecified atom stereocenters. The highest BCUT2D eigenvalue weighted by Crippen LogP contribution is 2.52. The van der Waals surface area contributed by atoms with Crippen molar-refractivity contribution in [2.45, 2.75) is 40.5 Å². The number of carbonyl (C=O) groups excluding carboxylic acids is 1. The molecule has 1 nitrogen and oxygen atoms in total. The summed E-state index contributed by atoms with van der Waals surface area (Å²) in [5.74, 6) is 0.886. The third-order valence-corrected chi connectivity index (χ3v) is 2.83. The lowest BCUT2D eigenvalue weighted by atomic mass is 10.0. The molecule has 1 heteroatoms. The Bertz CT molecular complexity index is 223. The van der Waals surface area contributed by atoms with Crippen LogP contribution in [0.25, 0.3) is 0 Å². The Labute approximate surface area is 74.9 Å². The molecule has 0 bridgehead atoms. The summed E-state index contributed by atoms with van der Waals surface area (Å²) in [7, 11) is 0. The van der Waals surface area contributed by atoms with E-state index in [4.69, 9.17) is 0 Å². The van der Waals surface area contributed by atoms with E-state index in [2.05, 4.69) is 19.9 Å². The normalized spacial score (nSPS) is 27.0. The molecule has 0 spiro atoms. The molecule has 1 atom stereocenters. The number of rotatable bonds is 3. The Balaban J connectivity index is 2.62. The molecule has 1 rings (SSSR count). The number of hydrogen-bond acceptors (Lipinski definition) is 1. The fourth-order valence-corrected chi connectivity index (χ4v) is 1.52. The summed E-state index contributed by atoms with van der Waals surface area (Å²) in [5.41, 5.74) is 1.46. The third kappa shape index (κ3) is 1.96. The minimum atomic E-state index is 0.236. The zero-order valence-electron chi connectivity index (χ0n) is 8.48. The number of hydrogen-bond donors (Lipinski definition) is 0. The van der Waals surface area contributed by atoms with Crippen LogP contribution in [0.4, 0.5) is 0 Å². The van der Waals surface area contributed by atoms with Crippen molar-refractivity contribution >= 4 is 5.78 Å². The van der Waals surface area contributed by atoms with Crippen LogP contribution in [-0.4, -0.2) is 5.78 Å². The van der Waals surface area contributed by atoms with Gasteiger partial charge in [-0.25, -0.2) is 0 Å². The summed E-state index contributed by atoms with van der Waals surface area (Å²) < 4.78 is 0. The van der Waals surface area contributed by atoms with Crippen LogP contribution in [0.2, 0.25) is 0 Å². The van der Waals surface area contributed by atoms with Gasteiger partial charge in [-0.2, -0.15) is 0 Å². The molecular weight excluding hydrogens is 148 g/mol. The fourth-order valence-electron chi connectivity index (χ4n) is 1.52. The van der Waals surface area contributed by atoms with Crippen LogP contribution in [0.15, 0.2) is 11.6 Å². The maximum absolute atomic E-state index is 11.1. The highest BCUT2D eigenvalue weighted by molar-refractivity contribution is 5.93. The summed E-state index contributed by atoms with van der Waals surface area (Å²) in [6, 6.07) is 0. The first-order valence-electron chi connectivity index (χ1n) is 4.69. The highest BCUT2D eigenvalue weighted by atomic mass is 16.1. The minimum absolute atomic E-state index is 0.236. The van der Waals surface area contributed by atoms with Crippen LogP contribution in [0.5, 0.6) is 0 Å². The number of carbonyl (C=O) groups is 1. The van der Waals surface area contributed by atoms with Crippen molar-refractivity contribution in [3.63, 3.8) is 0 Å². The molecule has 0 heterocycles. The molecule has 0 aromatic rings. The number of ketones is 1. The van der Waals surface area contributed by atoms with Crippen molar-refractivity contribution in [2.75, 3.05) is 0 Å². The van der Waals surface area contributed by atoms with Crippen LogP contribution >= 0.6 is 0 Å². The Morgan fingerprint density at radius 2 is 2.08 bits per heavy atom. The van der Waals surface area contributed by atoms with E-state index >= 15 is 0 Å².